The smallest absolute Gasteiger partial charge is 0.248 e. The highest BCUT2D eigenvalue weighted by atomic mass is 32.2. The molecule has 0 spiro atoms. The number of anilines is 1. The first kappa shape index (κ1) is 15.3. The lowest BCUT2D eigenvalue weighted by atomic mass is 10.4. The number of hydrogen-bond acceptors (Lipinski definition) is 5. The van der Waals surface area contributed by atoms with Crippen molar-refractivity contribution in [3.05, 3.63) is 6.20 Å². The third kappa shape index (κ3) is 2.99. The first-order valence-corrected chi connectivity index (χ1v) is 8.47. The van der Waals surface area contributed by atoms with E-state index in [1.807, 2.05) is 20.1 Å². The topological polar surface area (TPSA) is 81.2 Å². The van der Waals surface area contributed by atoms with Crippen molar-refractivity contribution in [2.24, 2.45) is 0 Å². The van der Waals surface area contributed by atoms with Crippen LogP contribution in [0.4, 0.5) is 5.82 Å². The van der Waals surface area contributed by atoms with Gasteiger partial charge in [-0.25, -0.2) is 8.42 Å². The molecule has 0 aliphatic heterocycles. The number of hydrogen-bond donors (Lipinski definition) is 1. The molecule has 0 bridgehead atoms. The van der Waals surface area contributed by atoms with E-state index >= 15 is 0 Å². The van der Waals surface area contributed by atoms with Crippen molar-refractivity contribution >= 4 is 27.6 Å². The third-order valence-electron chi connectivity index (χ3n) is 2.76. The molecule has 0 radical (unpaired) electrons. The highest BCUT2D eigenvalue weighted by Crippen LogP contribution is 2.22. The van der Waals surface area contributed by atoms with Crippen LogP contribution >= 0.6 is 11.8 Å². The molecule has 1 aromatic heterocycles. The van der Waals surface area contributed by atoms with Crippen LogP contribution < -0.4 is 5.73 Å². The van der Waals surface area contributed by atoms with Crippen molar-refractivity contribution < 1.29 is 8.42 Å². The van der Waals surface area contributed by atoms with Crippen molar-refractivity contribution in [3.63, 3.8) is 0 Å². The van der Waals surface area contributed by atoms with E-state index in [1.54, 1.807) is 18.8 Å². The van der Waals surface area contributed by atoms with Crippen LogP contribution in [0.15, 0.2) is 11.1 Å². The molecule has 0 aromatic carbocycles. The number of aryl methyl sites for hydroxylation is 1. The Kier molecular flexibility index (Phi) is 5.06. The summed E-state index contributed by atoms with van der Waals surface area (Å²) < 4.78 is 27.6. The number of aromatic nitrogens is 2. The molecule has 1 atom stereocenters. The summed E-state index contributed by atoms with van der Waals surface area (Å²) in [6, 6.07) is -0.0885. The standard InChI is InChI=1S/C10H20N4O2S2/c1-5-14-6-9(10(11)12-14)18(15,16)13(3)8(2)7-17-4/h6,8H,5,7H2,1-4H3,(H2,11,12). The Hall–Kier alpha value is -0.730. The fourth-order valence-corrected chi connectivity index (χ4v) is 3.74. The zero-order valence-electron chi connectivity index (χ0n) is 11.1. The maximum Gasteiger partial charge on any atom is 0.248 e. The molecular formula is C10H20N4O2S2. The molecule has 8 heteroatoms. The zero-order chi connectivity index (χ0) is 13.9. The van der Waals surface area contributed by atoms with Crippen LogP contribution in [0.3, 0.4) is 0 Å². The third-order valence-corrected chi connectivity index (χ3v) is 5.57. The molecule has 0 saturated heterocycles. The number of thioether (sulfide) groups is 1. The molecule has 6 nitrogen and oxygen atoms in total. The highest BCUT2D eigenvalue weighted by molar-refractivity contribution is 7.98. The first-order valence-electron chi connectivity index (χ1n) is 5.64. The molecule has 0 aliphatic rings. The molecule has 1 heterocycles. The Balaban J connectivity index is 3.08. The van der Waals surface area contributed by atoms with Crippen LogP contribution in [0.5, 0.6) is 0 Å². The van der Waals surface area contributed by atoms with E-state index in [-0.39, 0.29) is 16.8 Å². The highest BCUT2D eigenvalue weighted by Gasteiger charge is 2.29. The number of rotatable bonds is 6. The van der Waals surface area contributed by atoms with Crippen LogP contribution in [0.2, 0.25) is 0 Å². The lowest BCUT2D eigenvalue weighted by Gasteiger charge is -2.23. The normalized spacial score (nSPS) is 14.1. The summed E-state index contributed by atoms with van der Waals surface area (Å²) in [5.41, 5.74) is 5.67. The summed E-state index contributed by atoms with van der Waals surface area (Å²) in [5, 5.41) is 3.97. The van der Waals surface area contributed by atoms with Gasteiger partial charge in [0.15, 0.2) is 5.82 Å². The van der Waals surface area contributed by atoms with E-state index in [1.165, 1.54) is 15.2 Å². The van der Waals surface area contributed by atoms with Gasteiger partial charge in [0.05, 0.1) is 0 Å². The van der Waals surface area contributed by atoms with Gasteiger partial charge in [-0.05, 0) is 20.1 Å². The van der Waals surface area contributed by atoms with Gasteiger partial charge in [0.1, 0.15) is 4.90 Å². The second-order valence-corrected chi connectivity index (χ2v) is 6.94. The molecule has 1 aromatic rings. The van der Waals surface area contributed by atoms with Crippen molar-refractivity contribution in [2.75, 3.05) is 24.8 Å². The largest absolute Gasteiger partial charge is 0.381 e. The Morgan fingerprint density at radius 3 is 2.67 bits per heavy atom. The van der Waals surface area contributed by atoms with Gasteiger partial charge in [-0.1, -0.05) is 0 Å². The van der Waals surface area contributed by atoms with E-state index in [9.17, 15) is 8.42 Å². The van der Waals surface area contributed by atoms with Crippen molar-refractivity contribution in [1.82, 2.24) is 14.1 Å². The van der Waals surface area contributed by atoms with E-state index < -0.39 is 10.0 Å². The molecule has 1 unspecified atom stereocenters. The van der Waals surface area contributed by atoms with Gasteiger partial charge in [-0.2, -0.15) is 21.2 Å². The lowest BCUT2D eigenvalue weighted by molar-refractivity contribution is 0.415. The fourth-order valence-electron chi connectivity index (χ4n) is 1.52. The first-order chi connectivity index (χ1) is 8.34. The van der Waals surface area contributed by atoms with E-state index in [4.69, 9.17) is 5.73 Å². The Morgan fingerprint density at radius 2 is 2.22 bits per heavy atom. The van der Waals surface area contributed by atoms with Crippen LogP contribution in [0, 0.1) is 0 Å². The van der Waals surface area contributed by atoms with Gasteiger partial charge in [-0.15, -0.1) is 0 Å². The molecule has 104 valence electrons. The average Bonchev–Trinajstić information content (AvgIpc) is 2.70. The van der Waals surface area contributed by atoms with Gasteiger partial charge in [0.2, 0.25) is 10.0 Å². The van der Waals surface area contributed by atoms with Crippen molar-refractivity contribution in [3.8, 4) is 0 Å². The van der Waals surface area contributed by atoms with Crippen LogP contribution in [0.1, 0.15) is 13.8 Å². The molecule has 18 heavy (non-hydrogen) atoms. The summed E-state index contributed by atoms with van der Waals surface area (Å²) in [5.74, 6) is 0.789. The van der Waals surface area contributed by atoms with E-state index in [0.29, 0.717) is 6.54 Å². The SMILES string of the molecule is CCn1cc(S(=O)(=O)N(C)C(C)CSC)c(N)n1. The van der Waals surface area contributed by atoms with E-state index in [0.717, 1.165) is 5.75 Å². The summed E-state index contributed by atoms with van der Waals surface area (Å²) in [6.07, 6.45) is 3.42. The molecule has 0 amide bonds. The van der Waals surface area contributed by atoms with E-state index in [2.05, 4.69) is 5.10 Å². The summed E-state index contributed by atoms with van der Waals surface area (Å²) >= 11 is 1.61. The van der Waals surface area contributed by atoms with Crippen molar-refractivity contribution in [1.29, 1.82) is 0 Å². The lowest BCUT2D eigenvalue weighted by Crippen LogP contribution is -2.36. The maximum absolute atomic E-state index is 12.4. The van der Waals surface area contributed by atoms with Crippen LogP contribution in [-0.4, -0.2) is 47.6 Å². The number of nitrogen functional groups attached to an aromatic ring is 1. The fraction of sp³-hybridized carbons (Fsp3) is 0.700. The van der Waals surface area contributed by atoms with Gasteiger partial charge in [-0.3, -0.25) is 4.68 Å². The maximum atomic E-state index is 12.4. The predicted molar refractivity (Wildman–Crippen MR) is 75.1 cm³/mol. The van der Waals surface area contributed by atoms with Gasteiger partial charge in [0.25, 0.3) is 0 Å². The minimum Gasteiger partial charge on any atom is -0.381 e. The van der Waals surface area contributed by atoms with Gasteiger partial charge in [0, 0.05) is 31.6 Å². The number of nitrogens with zero attached hydrogens (tertiary/aromatic N) is 3. The molecule has 2 N–H and O–H groups in total. The van der Waals surface area contributed by atoms with Gasteiger partial charge >= 0.3 is 0 Å². The molecule has 0 fully saturated rings. The molecule has 1 rings (SSSR count). The summed E-state index contributed by atoms with van der Waals surface area (Å²) in [7, 11) is -2.00. The molecule has 0 saturated carbocycles. The van der Waals surface area contributed by atoms with Gasteiger partial charge < -0.3 is 5.73 Å². The number of nitrogens with two attached hydrogens (primary N) is 1. The molecule has 0 aliphatic carbocycles. The molecular weight excluding hydrogens is 272 g/mol. The number of sulfonamides is 1. The second kappa shape index (κ2) is 5.94. The summed E-state index contributed by atoms with van der Waals surface area (Å²) in [6.45, 7) is 4.33. The quantitative estimate of drug-likeness (QED) is 0.841. The Labute approximate surface area is 113 Å². The second-order valence-electron chi connectivity index (χ2n) is 4.06. The zero-order valence-corrected chi connectivity index (χ0v) is 12.8. The van der Waals surface area contributed by atoms with Crippen molar-refractivity contribution in [2.45, 2.75) is 31.3 Å². The summed E-state index contributed by atoms with van der Waals surface area (Å²) in [4.78, 5) is 0.0832. The Bertz CT molecular complexity index is 498. The average molecular weight is 292 g/mol. The predicted octanol–water partition coefficient (Wildman–Crippen LogP) is 0.857. The van der Waals surface area contributed by atoms with Crippen LogP contribution in [-0.2, 0) is 16.6 Å². The monoisotopic (exact) mass is 292 g/mol. The van der Waals surface area contributed by atoms with Crippen LogP contribution in [0.25, 0.3) is 0 Å². The minimum absolute atomic E-state index is 0.0556. The Morgan fingerprint density at radius 1 is 1.61 bits per heavy atom. The minimum atomic E-state index is -3.57.